The molecule has 1 aromatic carbocycles. The molecule has 1 saturated heterocycles. The molecular formula is C31H41N5O6S. The fourth-order valence-corrected chi connectivity index (χ4v) is 6.53. The minimum Gasteiger partial charge on any atom is -0.350 e. The summed E-state index contributed by atoms with van der Waals surface area (Å²) in [7, 11) is -3.84. The highest BCUT2D eigenvalue weighted by Crippen LogP contribution is 2.27. The van der Waals surface area contributed by atoms with E-state index in [9.17, 15) is 18.0 Å². The van der Waals surface area contributed by atoms with Gasteiger partial charge in [-0.15, -0.1) is 5.10 Å². The molecule has 12 heteroatoms. The Hall–Kier alpha value is -3.35. The number of aromatic nitrogens is 4. The number of pyridine rings is 1. The highest BCUT2D eigenvalue weighted by Gasteiger charge is 2.44. The lowest BCUT2D eigenvalue weighted by Crippen LogP contribution is -2.51. The van der Waals surface area contributed by atoms with Crippen LogP contribution in [0.15, 0.2) is 53.6 Å². The van der Waals surface area contributed by atoms with Gasteiger partial charge in [0.15, 0.2) is 20.9 Å². The second kappa shape index (κ2) is 13.5. The first-order valence-electron chi connectivity index (χ1n) is 15.1. The number of sulfone groups is 1. The van der Waals surface area contributed by atoms with Gasteiger partial charge < -0.3 is 9.30 Å². The lowest BCUT2D eigenvalue weighted by atomic mass is 9.89. The molecule has 2 aromatic heterocycles. The summed E-state index contributed by atoms with van der Waals surface area (Å²) in [5, 5.41) is 8.69. The maximum Gasteiger partial charge on any atom is 0.264 e. The summed E-state index contributed by atoms with van der Waals surface area (Å²) in [6, 6.07) is 11.1. The van der Waals surface area contributed by atoms with E-state index < -0.39 is 26.8 Å². The van der Waals surface area contributed by atoms with Crippen molar-refractivity contribution in [2.45, 2.75) is 88.8 Å². The third kappa shape index (κ3) is 7.60. The Morgan fingerprint density at radius 1 is 1.05 bits per heavy atom. The van der Waals surface area contributed by atoms with E-state index in [1.807, 2.05) is 35.1 Å². The van der Waals surface area contributed by atoms with Gasteiger partial charge in [-0.1, -0.05) is 48.7 Å². The molecule has 1 aliphatic carbocycles. The molecule has 5 rings (SSSR count). The summed E-state index contributed by atoms with van der Waals surface area (Å²) in [6.07, 6.45) is 12.7. The van der Waals surface area contributed by atoms with Crippen molar-refractivity contribution in [3.8, 4) is 22.4 Å². The Bertz CT molecular complexity index is 1560. The first-order valence-corrected chi connectivity index (χ1v) is 17.0. The third-order valence-corrected chi connectivity index (χ3v) is 10.8. The fraction of sp³-hybridized carbons (Fsp3) is 0.548. The van der Waals surface area contributed by atoms with Gasteiger partial charge in [0.2, 0.25) is 0 Å². The van der Waals surface area contributed by atoms with Crippen LogP contribution in [-0.2, 0) is 37.3 Å². The highest BCUT2D eigenvalue weighted by atomic mass is 32.2. The van der Waals surface area contributed by atoms with Crippen LogP contribution in [0.5, 0.6) is 0 Å². The van der Waals surface area contributed by atoms with E-state index >= 15 is 0 Å². The highest BCUT2D eigenvalue weighted by molar-refractivity contribution is 7.92. The summed E-state index contributed by atoms with van der Waals surface area (Å²) < 4.78 is 32.3. The van der Waals surface area contributed by atoms with Crippen LogP contribution in [0.3, 0.4) is 0 Å². The quantitative estimate of drug-likeness (QED) is 0.320. The smallest absolute Gasteiger partial charge is 0.264 e. The van der Waals surface area contributed by atoms with E-state index in [0.717, 1.165) is 48.0 Å². The zero-order valence-corrected chi connectivity index (χ0v) is 25.7. The monoisotopic (exact) mass is 611 g/mol. The van der Waals surface area contributed by atoms with Crippen LogP contribution in [0.25, 0.3) is 22.4 Å². The van der Waals surface area contributed by atoms with Crippen molar-refractivity contribution < 1.29 is 22.8 Å². The number of amides is 1. The van der Waals surface area contributed by atoms with Gasteiger partial charge in [0, 0.05) is 50.2 Å². The molecule has 0 radical (unpaired) electrons. The maximum atomic E-state index is 13.0. The SMILES string of the molecule is CC(CCn1ccc(-c2ccc(-c3cn(CC4CCCCC4)nn3)cc2)cc1=O)(C(=O)NOC1CCCCO1)S(C)(=O)=O. The molecule has 2 fully saturated rings. The average molecular weight is 612 g/mol. The Morgan fingerprint density at radius 2 is 1.77 bits per heavy atom. The number of aryl methyl sites for hydroxylation is 1. The largest absolute Gasteiger partial charge is 0.350 e. The number of benzene rings is 1. The summed E-state index contributed by atoms with van der Waals surface area (Å²) >= 11 is 0. The molecule has 1 saturated carbocycles. The third-order valence-electron chi connectivity index (χ3n) is 8.77. The lowest BCUT2D eigenvalue weighted by Gasteiger charge is -2.28. The Kier molecular flexibility index (Phi) is 9.78. The van der Waals surface area contributed by atoms with Crippen LogP contribution in [0.1, 0.15) is 64.7 Å². The van der Waals surface area contributed by atoms with Crippen molar-refractivity contribution in [2.24, 2.45) is 5.92 Å². The normalized spacial score (nSPS) is 19.5. The van der Waals surface area contributed by atoms with Gasteiger partial charge in [-0.25, -0.2) is 18.7 Å². The molecule has 232 valence electrons. The van der Waals surface area contributed by atoms with E-state index in [1.54, 1.807) is 12.3 Å². The van der Waals surface area contributed by atoms with Crippen molar-refractivity contribution in [1.82, 2.24) is 25.0 Å². The number of carbonyl (C=O) groups excluding carboxylic acids is 1. The summed E-state index contributed by atoms with van der Waals surface area (Å²) in [6.45, 7) is 2.80. The van der Waals surface area contributed by atoms with Crippen molar-refractivity contribution in [3.05, 3.63) is 59.1 Å². The van der Waals surface area contributed by atoms with Crippen LogP contribution < -0.4 is 11.0 Å². The molecule has 2 unspecified atom stereocenters. The topological polar surface area (TPSA) is 134 Å². The van der Waals surface area contributed by atoms with E-state index in [4.69, 9.17) is 9.57 Å². The van der Waals surface area contributed by atoms with Gasteiger partial charge >= 0.3 is 0 Å². The number of hydrogen-bond donors (Lipinski definition) is 1. The maximum absolute atomic E-state index is 13.0. The molecule has 1 aliphatic heterocycles. The average Bonchev–Trinajstić information content (AvgIpc) is 3.48. The Labute approximate surface area is 252 Å². The van der Waals surface area contributed by atoms with E-state index in [1.165, 1.54) is 49.7 Å². The van der Waals surface area contributed by atoms with E-state index in [0.29, 0.717) is 18.9 Å². The molecule has 0 spiro atoms. The summed E-state index contributed by atoms with van der Waals surface area (Å²) in [4.78, 5) is 31.3. The first kappa shape index (κ1) is 31.1. The van der Waals surface area contributed by atoms with Crippen LogP contribution in [0, 0.1) is 5.92 Å². The number of nitrogens with zero attached hydrogens (tertiary/aromatic N) is 4. The molecular weight excluding hydrogens is 570 g/mol. The van der Waals surface area contributed by atoms with Crippen molar-refractivity contribution in [3.63, 3.8) is 0 Å². The Morgan fingerprint density at radius 3 is 2.44 bits per heavy atom. The van der Waals surface area contributed by atoms with Gasteiger partial charge in [0.05, 0.1) is 6.20 Å². The van der Waals surface area contributed by atoms with Crippen LogP contribution >= 0.6 is 0 Å². The van der Waals surface area contributed by atoms with Crippen LogP contribution in [0.4, 0.5) is 0 Å². The number of ether oxygens (including phenoxy) is 1. The number of hydroxylamine groups is 1. The van der Waals surface area contributed by atoms with E-state index in [2.05, 4.69) is 15.8 Å². The van der Waals surface area contributed by atoms with Crippen molar-refractivity contribution in [2.75, 3.05) is 12.9 Å². The molecule has 11 nitrogen and oxygen atoms in total. The van der Waals surface area contributed by atoms with Gasteiger partial charge in [-0.05, 0) is 62.1 Å². The predicted octanol–water partition coefficient (Wildman–Crippen LogP) is 4.12. The summed E-state index contributed by atoms with van der Waals surface area (Å²) in [5.41, 5.74) is 5.34. The number of hydrogen-bond acceptors (Lipinski definition) is 8. The standard InChI is InChI=1S/C31H41N5O6S/c1-31(43(2,39)40,30(38)33-42-29-10-6-7-19-41-29)16-18-35-17-15-26(20-28(35)37)24-11-13-25(14-12-24)27-22-36(34-32-27)21-23-8-4-3-5-9-23/h11-15,17,20,22-23,29H,3-10,16,18-19,21H2,1-2H3,(H,33,38). The first-order chi connectivity index (χ1) is 20.6. The van der Waals surface area contributed by atoms with E-state index in [-0.39, 0.29) is 18.5 Å². The molecule has 1 N–H and O–H groups in total. The summed E-state index contributed by atoms with van der Waals surface area (Å²) in [5.74, 6) is -0.122. The molecule has 43 heavy (non-hydrogen) atoms. The molecule has 0 bridgehead atoms. The molecule has 3 heterocycles. The minimum absolute atomic E-state index is 0.0332. The van der Waals surface area contributed by atoms with Crippen molar-refractivity contribution in [1.29, 1.82) is 0 Å². The fourth-order valence-electron chi connectivity index (χ4n) is 5.69. The molecule has 3 aromatic rings. The second-order valence-electron chi connectivity index (χ2n) is 12.0. The minimum atomic E-state index is -3.84. The number of carbonyl (C=O) groups is 1. The predicted molar refractivity (Wildman–Crippen MR) is 162 cm³/mol. The second-order valence-corrected chi connectivity index (χ2v) is 14.4. The van der Waals surface area contributed by atoms with Crippen molar-refractivity contribution >= 4 is 15.7 Å². The van der Waals surface area contributed by atoms with Crippen LogP contribution in [0.2, 0.25) is 0 Å². The van der Waals surface area contributed by atoms with Gasteiger partial charge in [-0.2, -0.15) is 0 Å². The van der Waals surface area contributed by atoms with Gasteiger partial charge in [0.1, 0.15) is 5.69 Å². The molecule has 2 aliphatic rings. The number of rotatable bonds is 11. The zero-order valence-electron chi connectivity index (χ0n) is 24.9. The lowest BCUT2D eigenvalue weighted by molar-refractivity contribution is -0.201. The molecule has 2 atom stereocenters. The van der Waals surface area contributed by atoms with Gasteiger partial charge in [0.25, 0.3) is 11.5 Å². The number of nitrogens with one attached hydrogen (secondary N) is 1. The molecule has 1 amide bonds. The zero-order chi connectivity index (χ0) is 30.5. The van der Waals surface area contributed by atoms with Gasteiger partial charge in [-0.3, -0.25) is 14.3 Å². The van der Waals surface area contributed by atoms with Crippen LogP contribution in [-0.4, -0.2) is 57.8 Å². The Balaban J connectivity index is 1.21.